The van der Waals surface area contributed by atoms with Gasteiger partial charge in [-0.3, -0.25) is 4.79 Å². The van der Waals surface area contributed by atoms with Gasteiger partial charge in [-0.25, -0.2) is 0 Å². The summed E-state index contributed by atoms with van der Waals surface area (Å²) in [6.45, 7) is 14.6. The fourth-order valence-corrected chi connectivity index (χ4v) is 1.54. The average Bonchev–Trinajstić information content (AvgIpc) is 2.31. The van der Waals surface area contributed by atoms with Crippen molar-refractivity contribution < 1.29 is 4.79 Å². The van der Waals surface area contributed by atoms with Gasteiger partial charge in [0.15, 0.2) is 0 Å². The molecular formula is C16H29NO. The molecule has 0 aliphatic rings. The van der Waals surface area contributed by atoms with Crippen LogP contribution in [0.1, 0.15) is 54.9 Å². The average molecular weight is 251 g/mol. The number of hydrogen-bond donors (Lipinski definition) is 0. The van der Waals surface area contributed by atoms with Crippen molar-refractivity contribution in [2.75, 3.05) is 7.05 Å². The van der Waals surface area contributed by atoms with Crippen LogP contribution < -0.4 is 0 Å². The molecule has 2 nitrogen and oxygen atoms in total. The maximum Gasteiger partial charge on any atom is 0.253 e. The molecule has 0 aliphatic heterocycles. The Hall–Kier alpha value is -1.05. The monoisotopic (exact) mass is 251 g/mol. The Bertz CT molecular complexity index is 346. The van der Waals surface area contributed by atoms with Gasteiger partial charge >= 0.3 is 0 Å². The van der Waals surface area contributed by atoms with Crippen LogP contribution >= 0.6 is 0 Å². The molecule has 0 N–H and O–H groups in total. The minimum Gasteiger partial charge on any atom is -0.339 e. The van der Waals surface area contributed by atoms with Gasteiger partial charge in [0.05, 0.1) is 0 Å². The summed E-state index contributed by atoms with van der Waals surface area (Å²) in [5.41, 5.74) is 3.19. The second-order valence-corrected chi connectivity index (χ2v) is 5.62. The quantitative estimate of drug-likeness (QED) is 0.530. The van der Waals surface area contributed by atoms with E-state index in [-0.39, 0.29) is 11.9 Å². The number of allylic oxidation sites excluding steroid dienone is 2. The van der Waals surface area contributed by atoms with E-state index < -0.39 is 0 Å². The van der Waals surface area contributed by atoms with Gasteiger partial charge in [0.1, 0.15) is 0 Å². The van der Waals surface area contributed by atoms with Crippen LogP contribution in [-0.4, -0.2) is 23.9 Å². The van der Waals surface area contributed by atoms with Gasteiger partial charge in [-0.15, -0.1) is 0 Å². The minimum atomic E-state index is 0.118. The van der Waals surface area contributed by atoms with Crippen molar-refractivity contribution in [1.82, 2.24) is 4.90 Å². The normalized spacial score (nSPS) is 13.5. The number of carbonyl (C=O) groups excluding carboxylic acids is 1. The summed E-state index contributed by atoms with van der Waals surface area (Å²) in [6.07, 6.45) is 3.16. The van der Waals surface area contributed by atoms with Crippen LogP contribution in [0.25, 0.3) is 0 Å². The lowest BCUT2D eigenvalue weighted by molar-refractivity contribution is -0.127. The molecule has 104 valence electrons. The first kappa shape index (κ1) is 16.9. The topological polar surface area (TPSA) is 20.3 Å². The van der Waals surface area contributed by atoms with E-state index in [9.17, 15) is 4.79 Å². The number of amides is 1. The Balaban J connectivity index is 5.27. The summed E-state index contributed by atoms with van der Waals surface area (Å²) in [5, 5.41) is 0. The first-order valence-corrected chi connectivity index (χ1v) is 6.85. The van der Waals surface area contributed by atoms with Crippen LogP contribution in [-0.2, 0) is 4.79 Å². The van der Waals surface area contributed by atoms with E-state index in [0.29, 0.717) is 5.92 Å². The highest BCUT2D eigenvalue weighted by Gasteiger charge is 2.17. The number of likely N-dealkylation sites (N-methyl/N-ethyl adjacent to an activating group) is 1. The van der Waals surface area contributed by atoms with E-state index in [1.807, 2.05) is 34.7 Å². The van der Waals surface area contributed by atoms with Crippen LogP contribution in [0, 0.1) is 5.92 Å². The van der Waals surface area contributed by atoms with E-state index in [1.54, 1.807) is 4.90 Å². The number of hydrogen-bond acceptors (Lipinski definition) is 1. The zero-order valence-electron chi connectivity index (χ0n) is 13.3. The van der Waals surface area contributed by atoms with Crippen LogP contribution in [0.15, 0.2) is 22.8 Å². The predicted octanol–water partition coefficient (Wildman–Crippen LogP) is 4.18. The van der Waals surface area contributed by atoms with Crippen molar-refractivity contribution in [3.05, 3.63) is 22.8 Å². The van der Waals surface area contributed by atoms with Gasteiger partial charge in [0.25, 0.3) is 5.91 Å². The second-order valence-electron chi connectivity index (χ2n) is 5.62. The van der Waals surface area contributed by atoms with E-state index in [1.165, 1.54) is 5.57 Å². The number of carbonyl (C=O) groups is 1. The van der Waals surface area contributed by atoms with E-state index in [2.05, 4.69) is 26.8 Å². The maximum atomic E-state index is 12.4. The molecule has 0 rings (SSSR count). The number of nitrogens with zero attached hydrogens (tertiary/aromatic N) is 1. The molecule has 0 bridgehead atoms. The standard InChI is InChI=1S/C16H29NO/c1-9-13(6)14(7)10-15(11(2)3)16(18)17(8)12(4)5/h10,12-13H,9H2,1-8H3. The molecule has 0 aromatic rings. The largest absolute Gasteiger partial charge is 0.339 e. The molecule has 1 amide bonds. The predicted molar refractivity (Wildman–Crippen MR) is 79.5 cm³/mol. The maximum absolute atomic E-state index is 12.4. The molecule has 0 aromatic heterocycles. The zero-order valence-corrected chi connectivity index (χ0v) is 13.3. The molecule has 0 fully saturated rings. The van der Waals surface area contributed by atoms with Crippen molar-refractivity contribution in [3.8, 4) is 0 Å². The number of rotatable bonds is 5. The molecule has 0 saturated carbocycles. The Morgan fingerprint density at radius 1 is 1.17 bits per heavy atom. The molecule has 2 heteroatoms. The van der Waals surface area contributed by atoms with Gasteiger partial charge < -0.3 is 4.90 Å². The molecule has 1 atom stereocenters. The van der Waals surface area contributed by atoms with Crippen LogP contribution in [0.2, 0.25) is 0 Å². The summed E-state index contributed by atoms with van der Waals surface area (Å²) < 4.78 is 0. The van der Waals surface area contributed by atoms with Crippen molar-refractivity contribution in [2.24, 2.45) is 5.92 Å². The van der Waals surface area contributed by atoms with E-state index >= 15 is 0 Å². The smallest absolute Gasteiger partial charge is 0.253 e. The van der Waals surface area contributed by atoms with Gasteiger partial charge in [0.2, 0.25) is 0 Å². The third-order valence-corrected chi connectivity index (χ3v) is 3.63. The molecule has 0 heterocycles. The summed E-state index contributed by atoms with van der Waals surface area (Å²) >= 11 is 0. The van der Waals surface area contributed by atoms with Crippen molar-refractivity contribution in [2.45, 2.75) is 60.9 Å². The SMILES string of the molecule is CCC(C)C(C)=CC(C(=O)N(C)C(C)C)=C(C)C. The third kappa shape index (κ3) is 4.67. The lowest BCUT2D eigenvalue weighted by atomic mass is 9.96. The third-order valence-electron chi connectivity index (χ3n) is 3.63. The Labute approximate surface area is 113 Å². The molecular weight excluding hydrogens is 222 g/mol. The van der Waals surface area contributed by atoms with E-state index in [4.69, 9.17) is 0 Å². The summed E-state index contributed by atoms with van der Waals surface area (Å²) in [4.78, 5) is 14.2. The minimum absolute atomic E-state index is 0.118. The molecule has 0 saturated heterocycles. The van der Waals surface area contributed by atoms with Gasteiger partial charge in [0, 0.05) is 18.7 Å². The molecule has 18 heavy (non-hydrogen) atoms. The molecule has 0 aromatic carbocycles. The Morgan fingerprint density at radius 2 is 1.67 bits per heavy atom. The van der Waals surface area contributed by atoms with Gasteiger partial charge in [-0.2, -0.15) is 0 Å². The van der Waals surface area contributed by atoms with Gasteiger partial charge in [-0.05, 0) is 47.0 Å². The highest BCUT2D eigenvalue weighted by Crippen LogP contribution is 2.19. The fraction of sp³-hybridized carbons (Fsp3) is 0.688. The highest BCUT2D eigenvalue weighted by molar-refractivity contribution is 5.97. The summed E-state index contributed by atoms with van der Waals surface area (Å²) in [7, 11) is 1.86. The molecule has 0 aliphatic carbocycles. The Morgan fingerprint density at radius 3 is 2.00 bits per heavy atom. The summed E-state index contributed by atoms with van der Waals surface area (Å²) in [5.74, 6) is 0.643. The fourth-order valence-electron chi connectivity index (χ4n) is 1.54. The Kier molecular flexibility index (Phi) is 6.97. The lowest BCUT2D eigenvalue weighted by Gasteiger charge is -2.23. The lowest BCUT2D eigenvalue weighted by Crippen LogP contribution is -2.34. The zero-order chi connectivity index (χ0) is 14.5. The second kappa shape index (κ2) is 7.40. The summed E-state index contributed by atoms with van der Waals surface area (Å²) in [6, 6.07) is 0.226. The van der Waals surface area contributed by atoms with Crippen molar-refractivity contribution >= 4 is 5.91 Å². The first-order valence-electron chi connectivity index (χ1n) is 6.85. The molecule has 1 unspecified atom stereocenters. The van der Waals surface area contributed by atoms with Gasteiger partial charge in [-0.1, -0.05) is 31.1 Å². The van der Waals surface area contributed by atoms with Crippen molar-refractivity contribution in [3.63, 3.8) is 0 Å². The van der Waals surface area contributed by atoms with Crippen molar-refractivity contribution in [1.29, 1.82) is 0 Å². The van der Waals surface area contributed by atoms with Crippen LogP contribution in [0.5, 0.6) is 0 Å². The first-order chi connectivity index (χ1) is 8.22. The molecule has 0 spiro atoms. The van der Waals surface area contributed by atoms with E-state index in [0.717, 1.165) is 17.6 Å². The molecule has 0 radical (unpaired) electrons. The highest BCUT2D eigenvalue weighted by atomic mass is 16.2. The van der Waals surface area contributed by atoms with Crippen LogP contribution in [0.4, 0.5) is 0 Å². The van der Waals surface area contributed by atoms with Crippen LogP contribution in [0.3, 0.4) is 0 Å².